The van der Waals surface area contributed by atoms with Crippen LogP contribution in [0.1, 0.15) is 63.9 Å². The Bertz CT molecular complexity index is 1430. The van der Waals surface area contributed by atoms with Crippen LogP contribution in [0, 0.1) is 0 Å². The van der Waals surface area contributed by atoms with Gasteiger partial charge in [0, 0.05) is 10.9 Å². The number of fused-ring (bicyclic) bond motifs is 3. The van der Waals surface area contributed by atoms with E-state index in [-0.39, 0.29) is 5.52 Å². The quantitative estimate of drug-likeness (QED) is 0.189. The number of H-pyrrole nitrogens is 2. The molecule has 8 heteroatoms. The Morgan fingerprint density at radius 2 is 1.56 bits per heavy atom. The van der Waals surface area contributed by atoms with Crippen LogP contribution in [0.2, 0.25) is 0 Å². The molecule has 4 aromatic rings. The molecule has 0 saturated heterocycles. The van der Waals surface area contributed by atoms with Crippen molar-refractivity contribution in [2.75, 3.05) is 13.7 Å². The van der Waals surface area contributed by atoms with Crippen LogP contribution in [0.5, 0.6) is 11.5 Å². The molecule has 2 aromatic carbocycles. The average molecular weight is 491 g/mol. The van der Waals surface area contributed by atoms with Gasteiger partial charge in [0.05, 0.1) is 25.4 Å². The number of hydrogen-bond acceptors (Lipinski definition) is 5. The Morgan fingerprint density at radius 1 is 0.861 bits per heavy atom. The van der Waals surface area contributed by atoms with Crippen molar-refractivity contribution in [3.8, 4) is 11.5 Å². The van der Waals surface area contributed by atoms with Crippen LogP contribution < -0.4 is 20.7 Å². The Morgan fingerprint density at radius 3 is 2.28 bits per heavy atom. The lowest BCUT2D eigenvalue weighted by Gasteiger charge is -2.06. The summed E-state index contributed by atoms with van der Waals surface area (Å²) < 4.78 is 11.9. The topological polar surface area (TPSA) is 101 Å². The molecule has 190 valence electrons. The third-order valence-corrected chi connectivity index (χ3v) is 6.31. The van der Waals surface area contributed by atoms with E-state index in [9.17, 15) is 9.59 Å². The van der Waals surface area contributed by atoms with Crippen LogP contribution in [-0.2, 0) is 0 Å². The molecule has 0 atom stereocenters. The summed E-state index contributed by atoms with van der Waals surface area (Å²) in [6, 6.07) is 12.8. The van der Waals surface area contributed by atoms with Crippen molar-refractivity contribution in [2.45, 2.75) is 58.3 Å². The predicted molar refractivity (Wildman–Crippen MR) is 145 cm³/mol. The largest absolute Gasteiger partial charge is 0.497 e. The normalized spacial score (nSPS) is 11.6. The zero-order valence-electron chi connectivity index (χ0n) is 21.0. The second kappa shape index (κ2) is 12.2. The van der Waals surface area contributed by atoms with Gasteiger partial charge in [0.1, 0.15) is 17.0 Å². The number of nitrogens with one attached hydrogen (secondary N) is 2. The van der Waals surface area contributed by atoms with Gasteiger partial charge in [0.2, 0.25) is 0 Å². The fourth-order valence-electron chi connectivity index (χ4n) is 4.25. The van der Waals surface area contributed by atoms with E-state index < -0.39 is 11.2 Å². The lowest BCUT2D eigenvalue weighted by Crippen LogP contribution is -2.32. The smallest absolute Gasteiger partial charge is 0.350 e. The lowest BCUT2D eigenvalue weighted by atomic mass is 10.1. The predicted octanol–water partition coefficient (Wildman–Crippen LogP) is 5.58. The number of rotatable bonds is 13. The molecule has 0 radical (unpaired) electrons. The number of aromatic amines is 2. The minimum Gasteiger partial charge on any atom is -0.497 e. The molecule has 0 aliphatic rings. The van der Waals surface area contributed by atoms with Gasteiger partial charge in [0.15, 0.2) is 0 Å². The van der Waals surface area contributed by atoms with Crippen molar-refractivity contribution in [3.05, 3.63) is 68.9 Å². The summed E-state index contributed by atoms with van der Waals surface area (Å²) in [4.78, 5) is 31.4. The summed E-state index contributed by atoms with van der Waals surface area (Å²) in [6.07, 6.45) is 11.6. The summed E-state index contributed by atoms with van der Waals surface area (Å²) in [7, 11) is 1.57. The highest BCUT2D eigenvalue weighted by Gasteiger charge is 2.13. The van der Waals surface area contributed by atoms with Crippen LogP contribution in [0.15, 0.2) is 57.2 Å². The van der Waals surface area contributed by atoms with E-state index in [0.29, 0.717) is 23.3 Å². The zero-order valence-corrected chi connectivity index (χ0v) is 21.0. The number of aromatic nitrogens is 3. The van der Waals surface area contributed by atoms with Crippen molar-refractivity contribution in [1.29, 1.82) is 0 Å². The van der Waals surface area contributed by atoms with E-state index >= 15 is 0 Å². The third-order valence-electron chi connectivity index (χ3n) is 6.31. The Labute approximate surface area is 210 Å². The van der Waals surface area contributed by atoms with Crippen molar-refractivity contribution in [3.63, 3.8) is 0 Å². The highest BCUT2D eigenvalue weighted by molar-refractivity contribution is 6.04. The van der Waals surface area contributed by atoms with E-state index in [1.807, 2.05) is 24.3 Å². The highest BCUT2D eigenvalue weighted by Crippen LogP contribution is 2.25. The molecule has 2 heterocycles. The second-order valence-corrected chi connectivity index (χ2v) is 8.97. The molecular formula is C28H34N4O4. The van der Waals surface area contributed by atoms with Crippen LogP contribution in [-0.4, -0.2) is 34.6 Å². The first-order chi connectivity index (χ1) is 17.6. The van der Waals surface area contributed by atoms with Crippen molar-refractivity contribution < 1.29 is 9.47 Å². The molecular weight excluding hydrogens is 456 g/mol. The fraction of sp³-hybridized carbons (Fsp3) is 0.393. The van der Waals surface area contributed by atoms with Gasteiger partial charge in [-0.05, 0) is 54.4 Å². The Kier molecular flexibility index (Phi) is 8.60. The molecule has 0 aliphatic carbocycles. The molecule has 0 amide bonds. The Hall–Kier alpha value is -3.81. The van der Waals surface area contributed by atoms with Gasteiger partial charge in [-0.1, -0.05) is 51.9 Å². The lowest BCUT2D eigenvalue weighted by molar-refractivity contribution is 0.304. The maximum Gasteiger partial charge on any atom is 0.350 e. The van der Waals surface area contributed by atoms with Gasteiger partial charge in [-0.15, -0.1) is 4.68 Å². The molecule has 0 unspecified atom stereocenters. The number of methoxy groups -OCH3 is 1. The summed E-state index contributed by atoms with van der Waals surface area (Å²) >= 11 is 0. The van der Waals surface area contributed by atoms with Crippen LogP contribution in [0.3, 0.4) is 0 Å². The molecule has 36 heavy (non-hydrogen) atoms. The minimum atomic E-state index is -0.613. The molecule has 2 aromatic heterocycles. The highest BCUT2D eigenvalue weighted by atomic mass is 16.5. The molecule has 0 fully saturated rings. The standard InChI is InChI=1S/C28H34N4O4/c1-3-4-5-6-7-8-9-10-17-36-21-13-11-20(12-14-21)19-29-32-27(33)26-25(31-28(32)34)23-18-22(35-2)15-16-24(23)30-26/h11-16,18-19,30H,3-10,17H2,1-2H3,(H,31,34)/b29-19-. The van der Waals surface area contributed by atoms with Gasteiger partial charge in [0.25, 0.3) is 0 Å². The van der Waals surface area contributed by atoms with E-state index in [4.69, 9.17) is 9.47 Å². The van der Waals surface area contributed by atoms with Gasteiger partial charge in [-0.2, -0.15) is 5.10 Å². The maximum atomic E-state index is 13.0. The van der Waals surface area contributed by atoms with Gasteiger partial charge >= 0.3 is 11.2 Å². The summed E-state index contributed by atoms with van der Waals surface area (Å²) in [6.45, 7) is 2.94. The third kappa shape index (κ3) is 6.05. The summed E-state index contributed by atoms with van der Waals surface area (Å²) in [5.74, 6) is 1.43. The molecule has 8 nitrogen and oxygen atoms in total. The monoisotopic (exact) mass is 490 g/mol. The Balaban J connectivity index is 1.36. The molecule has 0 aliphatic heterocycles. The van der Waals surface area contributed by atoms with Crippen molar-refractivity contribution >= 4 is 28.2 Å². The number of unbranched alkanes of at least 4 members (excludes halogenated alkanes) is 7. The second-order valence-electron chi connectivity index (χ2n) is 8.97. The zero-order chi connectivity index (χ0) is 25.3. The minimum absolute atomic E-state index is 0.278. The van der Waals surface area contributed by atoms with Crippen LogP contribution in [0.4, 0.5) is 0 Å². The van der Waals surface area contributed by atoms with E-state index in [1.165, 1.54) is 51.2 Å². The van der Waals surface area contributed by atoms with Crippen molar-refractivity contribution in [1.82, 2.24) is 14.6 Å². The van der Waals surface area contributed by atoms with Gasteiger partial charge < -0.3 is 19.4 Å². The van der Waals surface area contributed by atoms with E-state index in [1.54, 1.807) is 25.3 Å². The molecule has 0 spiro atoms. The summed E-state index contributed by atoms with van der Waals surface area (Å²) in [5.41, 5.74) is 1.05. The first-order valence-corrected chi connectivity index (χ1v) is 12.7. The maximum absolute atomic E-state index is 13.0. The van der Waals surface area contributed by atoms with Gasteiger partial charge in [-0.3, -0.25) is 4.79 Å². The van der Waals surface area contributed by atoms with E-state index in [0.717, 1.165) is 27.9 Å². The fourth-order valence-corrected chi connectivity index (χ4v) is 4.25. The first-order valence-electron chi connectivity index (χ1n) is 12.7. The molecule has 2 N–H and O–H groups in total. The average Bonchev–Trinajstić information content (AvgIpc) is 3.26. The summed E-state index contributed by atoms with van der Waals surface area (Å²) in [5, 5.41) is 4.84. The van der Waals surface area contributed by atoms with E-state index in [2.05, 4.69) is 22.0 Å². The first kappa shape index (κ1) is 25.3. The van der Waals surface area contributed by atoms with Gasteiger partial charge in [-0.25, -0.2) is 4.79 Å². The molecule has 0 bridgehead atoms. The SMILES string of the molecule is CCCCCCCCCCOc1ccc(/C=N\n2c(=O)[nH]c3c([nH]c4ccc(OC)cc43)c2=O)cc1. The van der Waals surface area contributed by atoms with Crippen LogP contribution in [0.25, 0.3) is 21.9 Å². The number of ether oxygens (including phenoxy) is 2. The number of hydrogen-bond donors (Lipinski definition) is 2. The molecule has 0 saturated carbocycles. The molecule has 4 rings (SSSR count). The number of benzene rings is 2. The number of nitrogens with zero attached hydrogens (tertiary/aromatic N) is 2. The van der Waals surface area contributed by atoms with Crippen molar-refractivity contribution in [2.24, 2.45) is 5.10 Å². The van der Waals surface area contributed by atoms with Crippen LogP contribution >= 0.6 is 0 Å².